The van der Waals surface area contributed by atoms with Crippen molar-refractivity contribution in [1.29, 1.82) is 0 Å². The third kappa shape index (κ3) is 0.922. The summed E-state index contributed by atoms with van der Waals surface area (Å²) in [5, 5.41) is 6.91. The van der Waals surface area contributed by atoms with Crippen LogP contribution >= 0.6 is 0 Å². The van der Waals surface area contributed by atoms with Crippen molar-refractivity contribution in [2.24, 2.45) is 0 Å². The van der Waals surface area contributed by atoms with E-state index in [1.165, 1.54) is 0 Å². The van der Waals surface area contributed by atoms with Gasteiger partial charge in [-0.3, -0.25) is 5.10 Å². The highest BCUT2D eigenvalue weighted by Crippen LogP contribution is 2.16. The van der Waals surface area contributed by atoms with Gasteiger partial charge in [0.15, 0.2) is 0 Å². The molecule has 2 heterocycles. The molecule has 12 heavy (non-hydrogen) atoms. The van der Waals surface area contributed by atoms with Gasteiger partial charge in [0.25, 0.3) is 0 Å². The number of hydrogen-bond acceptors (Lipinski definition) is 3. The number of aromatic nitrogens is 3. The van der Waals surface area contributed by atoms with Crippen molar-refractivity contribution in [3.63, 3.8) is 0 Å². The molecule has 0 saturated carbocycles. The van der Waals surface area contributed by atoms with Crippen LogP contribution in [0.3, 0.4) is 0 Å². The number of hydrogen-bond donors (Lipinski definition) is 1. The first-order chi connectivity index (χ1) is 5.81. The average molecular weight is 163 g/mol. The van der Waals surface area contributed by atoms with Crippen molar-refractivity contribution < 1.29 is 4.74 Å². The van der Waals surface area contributed by atoms with E-state index in [2.05, 4.69) is 15.2 Å². The van der Waals surface area contributed by atoms with Crippen LogP contribution in [0.2, 0.25) is 0 Å². The lowest BCUT2D eigenvalue weighted by atomic mass is 10.3. The molecule has 0 unspecified atom stereocenters. The molecule has 2 aromatic heterocycles. The molecule has 4 heteroatoms. The summed E-state index contributed by atoms with van der Waals surface area (Å²) in [6.07, 6.45) is 0. The van der Waals surface area contributed by atoms with Crippen molar-refractivity contribution in [2.75, 3.05) is 7.11 Å². The molecule has 2 aromatic rings. The number of H-pyrrole nitrogens is 1. The first kappa shape index (κ1) is 7.09. The van der Waals surface area contributed by atoms with Crippen LogP contribution in [0, 0.1) is 6.92 Å². The van der Waals surface area contributed by atoms with Crippen molar-refractivity contribution in [3.8, 4) is 5.88 Å². The van der Waals surface area contributed by atoms with Crippen LogP contribution in [-0.2, 0) is 0 Å². The summed E-state index contributed by atoms with van der Waals surface area (Å²) in [6, 6.07) is 3.67. The van der Waals surface area contributed by atoms with Gasteiger partial charge in [-0.05, 0) is 13.0 Å². The van der Waals surface area contributed by atoms with E-state index < -0.39 is 0 Å². The summed E-state index contributed by atoms with van der Waals surface area (Å²) >= 11 is 0. The maximum absolute atomic E-state index is 4.99. The molecule has 0 atom stereocenters. The van der Waals surface area contributed by atoms with Crippen LogP contribution in [0.1, 0.15) is 5.69 Å². The van der Waals surface area contributed by atoms with Crippen molar-refractivity contribution in [2.45, 2.75) is 6.92 Å². The summed E-state index contributed by atoms with van der Waals surface area (Å²) in [7, 11) is 1.60. The van der Waals surface area contributed by atoms with E-state index in [4.69, 9.17) is 4.74 Å². The molecule has 0 aliphatic heterocycles. The summed E-state index contributed by atoms with van der Waals surface area (Å²) in [5.74, 6) is 0.618. The Morgan fingerprint density at radius 1 is 1.42 bits per heavy atom. The Bertz CT molecular complexity index is 408. The summed E-state index contributed by atoms with van der Waals surface area (Å²) in [4.78, 5) is 4.24. The minimum Gasteiger partial charge on any atom is -0.481 e. The zero-order valence-electron chi connectivity index (χ0n) is 6.96. The van der Waals surface area contributed by atoms with E-state index in [1.807, 2.05) is 13.0 Å². The fraction of sp³-hybridized carbons (Fsp3) is 0.250. The maximum atomic E-state index is 4.99. The molecule has 0 amide bonds. The third-order valence-electron chi connectivity index (χ3n) is 1.76. The second-order valence-corrected chi connectivity index (χ2v) is 2.57. The fourth-order valence-electron chi connectivity index (χ4n) is 1.11. The SMILES string of the molecule is COc1ccc2n[nH]c(C)c2n1. The predicted octanol–water partition coefficient (Wildman–Crippen LogP) is 1.27. The number of nitrogens with one attached hydrogen (secondary N) is 1. The molecule has 0 fully saturated rings. The normalized spacial score (nSPS) is 10.5. The van der Waals surface area contributed by atoms with Crippen LogP contribution in [0.15, 0.2) is 12.1 Å². The smallest absolute Gasteiger partial charge is 0.213 e. The number of ether oxygens (including phenoxy) is 1. The molecule has 62 valence electrons. The maximum Gasteiger partial charge on any atom is 0.213 e. The average Bonchev–Trinajstić information content (AvgIpc) is 2.47. The molecule has 0 radical (unpaired) electrons. The van der Waals surface area contributed by atoms with Crippen LogP contribution < -0.4 is 4.74 Å². The monoisotopic (exact) mass is 163 g/mol. The standard InChI is InChI=1S/C8H9N3O/c1-5-8-6(11-10-5)3-4-7(9-8)12-2/h3-4H,1-2H3,(H,10,11). The Labute approximate surface area is 69.6 Å². The van der Waals surface area contributed by atoms with Crippen LogP contribution in [0.5, 0.6) is 5.88 Å². The van der Waals surface area contributed by atoms with Crippen molar-refractivity contribution in [3.05, 3.63) is 17.8 Å². The molecular weight excluding hydrogens is 154 g/mol. The van der Waals surface area contributed by atoms with E-state index in [1.54, 1.807) is 13.2 Å². The van der Waals surface area contributed by atoms with Crippen molar-refractivity contribution in [1.82, 2.24) is 15.2 Å². The van der Waals surface area contributed by atoms with Crippen LogP contribution in [0.4, 0.5) is 0 Å². The minimum atomic E-state index is 0.618. The summed E-state index contributed by atoms with van der Waals surface area (Å²) < 4.78 is 4.99. The van der Waals surface area contributed by atoms with Gasteiger partial charge in [0.2, 0.25) is 5.88 Å². The minimum absolute atomic E-state index is 0.618. The first-order valence-corrected chi connectivity index (χ1v) is 3.67. The number of aryl methyl sites for hydroxylation is 1. The molecule has 2 rings (SSSR count). The van der Waals surface area contributed by atoms with Crippen LogP contribution in [0.25, 0.3) is 11.0 Å². The lowest BCUT2D eigenvalue weighted by molar-refractivity contribution is 0.399. The van der Waals surface area contributed by atoms with Crippen LogP contribution in [-0.4, -0.2) is 22.3 Å². The van der Waals surface area contributed by atoms with Gasteiger partial charge in [-0.1, -0.05) is 0 Å². The number of nitrogens with zero attached hydrogens (tertiary/aromatic N) is 2. The zero-order valence-corrected chi connectivity index (χ0v) is 6.96. The quantitative estimate of drug-likeness (QED) is 0.688. The zero-order chi connectivity index (χ0) is 8.55. The molecule has 0 aliphatic rings. The Hall–Kier alpha value is -1.58. The van der Waals surface area contributed by atoms with Crippen molar-refractivity contribution >= 4 is 11.0 Å². The molecule has 0 bridgehead atoms. The molecule has 0 aromatic carbocycles. The summed E-state index contributed by atoms with van der Waals surface area (Å²) in [6.45, 7) is 1.93. The highest BCUT2D eigenvalue weighted by atomic mass is 16.5. The van der Waals surface area contributed by atoms with Gasteiger partial charge in [0.05, 0.1) is 12.8 Å². The highest BCUT2D eigenvalue weighted by Gasteiger charge is 2.03. The van der Waals surface area contributed by atoms with Gasteiger partial charge in [-0.2, -0.15) is 5.10 Å². The van der Waals surface area contributed by atoms with E-state index in [-0.39, 0.29) is 0 Å². The van der Waals surface area contributed by atoms with E-state index in [0.29, 0.717) is 5.88 Å². The Balaban J connectivity index is 2.71. The lowest BCUT2D eigenvalue weighted by Gasteiger charge is -1.96. The van der Waals surface area contributed by atoms with E-state index in [0.717, 1.165) is 16.7 Å². The van der Waals surface area contributed by atoms with Gasteiger partial charge >= 0.3 is 0 Å². The second kappa shape index (κ2) is 2.48. The molecule has 0 aliphatic carbocycles. The number of rotatable bonds is 1. The van der Waals surface area contributed by atoms with E-state index >= 15 is 0 Å². The number of methoxy groups -OCH3 is 1. The predicted molar refractivity (Wildman–Crippen MR) is 45.2 cm³/mol. The van der Waals surface area contributed by atoms with Gasteiger partial charge in [0, 0.05) is 6.07 Å². The van der Waals surface area contributed by atoms with Gasteiger partial charge < -0.3 is 4.74 Å². The Morgan fingerprint density at radius 3 is 3.00 bits per heavy atom. The van der Waals surface area contributed by atoms with E-state index in [9.17, 15) is 0 Å². The number of pyridine rings is 1. The first-order valence-electron chi connectivity index (χ1n) is 3.67. The third-order valence-corrected chi connectivity index (χ3v) is 1.76. The fourth-order valence-corrected chi connectivity index (χ4v) is 1.11. The molecule has 1 N–H and O–H groups in total. The number of aromatic amines is 1. The Morgan fingerprint density at radius 2 is 2.25 bits per heavy atom. The highest BCUT2D eigenvalue weighted by molar-refractivity contribution is 5.76. The molecule has 0 saturated heterocycles. The second-order valence-electron chi connectivity index (χ2n) is 2.57. The summed E-state index contributed by atoms with van der Waals surface area (Å²) in [5.41, 5.74) is 2.70. The largest absolute Gasteiger partial charge is 0.481 e. The van der Waals surface area contributed by atoms with Gasteiger partial charge in [0.1, 0.15) is 11.0 Å². The molecule has 0 spiro atoms. The van der Waals surface area contributed by atoms with Gasteiger partial charge in [-0.25, -0.2) is 4.98 Å². The van der Waals surface area contributed by atoms with Gasteiger partial charge in [-0.15, -0.1) is 0 Å². The topological polar surface area (TPSA) is 50.8 Å². The number of fused-ring (bicyclic) bond motifs is 1. The molecular formula is C8H9N3O. The Kier molecular flexibility index (Phi) is 1.46. The molecule has 4 nitrogen and oxygen atoms in total. The lowest BCUT2D eigenvalue weighted by Crippen LogP contribution is -1.86.